The largest absolute Gasteiger partial charge is 0.449 e. The fourth-order valence-corrected chi connectivity index (χ4v) is 2.66. The Hall–Kier alpha value is -3.10. The average molecular weight is 377 g/mol. The van der Waals surface area contributed by atoms with Crippen molar-refractivity contribution < 1.29 is 18.0 Å². The van der Waals surface area contributed by atoms with Crippen LogP contribution in [0.15, 0.2) is 36.5 Å². The lowest BCUT2D eigenvalue weighted by molar-refractivity contribution is -0.146. The Morgan fingerprint density at radius 3 is 2.67 bits per heavy atom. The van der Waals surface area contributed by atoms with Crippen molar-refractivity contribution in [1.29, 1.82) is 0 Å². The highest BCUT2D eigenvalue weighted by atomic mass is 19.4. The number of anilines is 1. The van der Waals surface area contributed by atoms with Crippen molar-refractivity contribution in [3.05, 3.63) is 53.5 Å². The fourth-order valence-electron chi connectivity index (χ4n) is 2.66. The first-order valence-corrected chi connectivity index (χ1v) is 8.26. The molecule has 3 rings (SSSR count). The topological polar surface area (TPSA) is 71.8 Å². The van der Waals surface area contributed by atoms with Crippen molar-refractivity contribution >= 4 is 22.9 Å². The number of urea groups is 1. The molecule has 0 atom stereocenters. The molecule has 142 valence electrons. The molecule has 0 aliphatic carbocycles. The van der Waals surface area contributed by atoms with Crippen molar-refractivity contribution in [3.63, 3.8) is 0 Å². The molecule has 2 N–H and O–H groups in total. The third kappa shape index (κ3) is 4.18. The van der Waals surface area contributed by atoms with Crippen molar-refractivity contribution in [2.45, 2.75) is 26.6 Å². The Morgan fingerprint density at radius 2 is 1.96 bits per heavy atom. The molecule has 27 heavy (non-hydrogen) atoms. The molecule has 0 spiro atoms. The molecular weight excluding hydrogens is 359 g/mol. The summed E-state index contributed by atoms with van der Waals surface area (Å²) in [4.78, 5) is 19.6. The summed E-state index contributed by atoms with van der Waals surface area (Å²) < 4.78 is 40.6. The number of alkyl halides is 3. The predicted molar refractivity (Wildman–Crippen MR) is 95.5 cm³/mol. The van der Waals surface area contributed by atoms with Gasteiger partial charge in [0.25, 0.3) is 0 Å². The lowest BCUT2D eigenvalue weighted by Crippen LogP contribution is -2.32. The Balaban J connectivity index is 1.68. The summed E-state index contributed by atoms with van der Waals surface area (Å²) in [5, 5.41) is 5.21. The van der Waals surface area contributed by atoms with Gasteiger partial charge in [0.1, 0.15) is 5.52 Å². The minimum atomic E-state index is -4.61. The number of pyridine rings is 1. The van der Waals surface area contributed by atoms with Gasteiger partial charge in [-0.3, -0.25) is 0 Å². The number of carbonyl (C=O) groups excluding carboxylic acids is 1. The minimum absolute atomic E-state index is 0.0121. The molecule has 0 aliphatic heterocycles. The number of fused-ring (bicyclic) bond motifs is 1. The summed E-state index contributed by atoms with van der Waals surface area (Å²) in [6.07, 6.45) is -3.21. The number of amides is 2. The van der Waals surface area contributed by atoms with Gasteiger partial charge in [-0.2, -0.15) is 13.2 Å². The van der Waals surface area contributed by atoms with Crippen LogP contribution in [0, 0.1) is 13.8 Å². The van der Waals surface area contributed by atoms with Crippen LogP contribution in [0.5, 0.6) is 0 Å². The van der Waals surface area contributed by atoms with Crippen molar-refractivity contribution in [2.24, 2.45) is 0 Å². The van der Waals surface area contributed by atoms with Gasteiger partial charge >= 0.3 is 12.2 Å². The first-order chi connectivity index (χ1) is 12.8. The van der Waals surface area contributed by atoms with E-state index in [1.807, 2.05) is 26.0 Å². The zero-order valence-electron chi connectivity index (χ0n) is 14.8. The molecule has 2 amide bonds. The van der Waals surface area contributed by atoms with Gasteiger partial charge in [0, 0.05) is 25.0 Å². The Kier molecular flexibility index (Phi) is 5.02. The molecule has 0 saturated carbocycles. The van der Waals surface area contributed by atoms with Crippen LogP contribution in [-0.2, 0) is 12.7 Å². The quantitative estimate of drug-likeness (QED) is 0.725. The highest BCUT2D eigenvalue weighted by molar-refractivity contribution is 5.89. The summed E-state index contributed by atoms with van der Waals surface area (Å²) >= 11 is 0. The highest BCUT2D eigenvalue weighted by Gasteiger charge is 2.37. The van der Waals surface area contributed by atoms with E-state index in [9.17, 15) is 18.0 Å². The lowest BCUT2D eigenvalue weighted by Gasteiger charge is -2.12. The maximum absolute atomic E-state index is 13.2. The van der Waals surface area contributed by atoms with Crippen LogP contribution in [0.3, 0.4) is 0 Å². The number of imidazole rings is 1. The molecule has 2 heterocycles. The summed E-state index contributed by atoms with van der Waals surface area (Å²) in [6.45, 7) is 3.76. The van der Waals surface area contributed by atoms with Crippen LogP contribution in [0.4, 0.5) is 23.7 Å². The Morgan fingerprint density at radius 1 is 1.19 bits per heavy atom. The minimum Gasteiger partial charge on any atom is -0.336 e. The van der Waals surface area contributed by atoms with Gasteiger partial charge in [0.2, 0.25) is 5.82 Å². The van der Waals surface area contributed by atoms with Gasteiger partial charge in [-0.25, -0.2) is 14.8 Å². The van der Waals surface area contributed by atoms with Gasteiger partial charge in [0.15, 0.2) is 5.65 Å². The lowest BCUT2D eigenvalue weighted by atomic mass is 10.1. The number of rotatable bonds is 4. The molecule has 0 bridgehead atoms. The van der Waals surface area contributed by atoms with Crippen molar-refractivity contribution in [1.82, 2.24) is 19.9 Å². The van der Waals surface area contributed by atoms with Crippen LogP contribution in [0.25, 0.3) is 11.2 Å². The van der Waals surface area contributed by atoms with Crippen LogP contribution >= 0.6 is 0 Å². The standard InChI is InChI=1S/C18H18F3N5O/c1-11-5-6-13(10-12(11)2)24-17(27)23-8-9-26-15-14(4-3-7-22-15)25-16(26)18(19,20)21/h3-7,10H,8-9H2,1-2H3,(H2,23,24,27). The van der Waals surface area contributed by atoms with E-state index >= 15 is 0 Å². The summed E-state index contributed by atoms with van der Waals surface area (Å²) in [5.41, 5.74) is 3.02. The van der Waals surface area contributed by atoms with E-state index in [2.05, 4.69) is 20.6 Å². The predicted octanol–water partition coefficient (Wildman–Crippen LogP) is 3.89. The zero-order valence-corrected chi connectivity index (χ0v) is 14.8. The Labute approximate surface area is 153 Å². The van der Waals surface area contributed by atoms with Gasteiger partial charge in [0.05, 0.1) is 0 Å². The zero-order chi connectivity index (χ0) is 19.6. The molecule has 0 saturated heterocycles. The first-order valence-electron chi connectivity index (χ1n) is 8.26. The second kappa shape index (κ2) is 7.26. The third-order valence-corrected chi connectivity index (χ3v) is 4.14. The highest BCUT2D eigenvalue weighted by Crippen LogP contribution is 2.30. The SMILES string of the molecule is Cc1ccc(NC(=O)NCCn2c(C(F)(F)F)nc3cccnc32)cc1C. The van der Waals surface area contributed by atoms with Crippen molar-refractivity contribution in [3.8, 4) is 0 Å². The van der Waals surface area contributed by atoms with E-state index in [4.69, 9.17) is 0 Å². The summed E-state index contributed by atoms with van der Waals surface area (Å²) in [6, 6.07) is 7.96. The number of nitrogens with one attached hydrogen (secondary N) is 2. The van der Waals surface area contributed by atoms with Gasteiger partial charge < -0.3 is 15.2 Å². The first kappa shape index (κ1) is 18.7. The molecule has 6 nitrogen and oxygen atoms in total. The summed E-state index contributed by atoms with van der Waals surface area (Å²) in [7, 11) is 0. The van der Waals surface area contributed by atoms with Crippen LogP contribution in [0.2, 0.25) is 0 Å². The molecular formula is C18H18F3N5O. The molecule has 2 aromatic heterocycles. The molecule has 3 aromatic rings. The average Bonchev–Trinajstić information content (AvgIpc) is 2.97. The maximum atomic E-state index is 13.2. The van der Waals surface area contributed by atoms with E-state index in [1.54, 1.807) is 6.07 Å². The van der Waals surface area contributed by atoms with Gasteiger partial charge in [-0.1, -0.05) is 6.07 Å². The van der Waals surface area contributed by atoms with E-state index in [1.165, 1.54) is 18.3 Å². The number of hydrogen-bond acceptors (Lipinski definition) is 3. The molecule has 1 aromatic carbocycles. The molecule has 0 aliphatic rings. The number of aromatic nitrogens is 3. The number of halogens is 3. The maximum Gasteiger partial charge on any atom is 0.449 e. The molecule has 0 fully saturated rings. The molecule has 0 radical (unpaired) electrons. The smallest absolute Gasteiger partial charge is 0.336 e. The van der Waals surface area contributed by atoms with E-state index in [0.29, 0.717) is 5.69 Å². The van der Waals surface area contributed by atoms with Crippen LogP contribution in [0.1, 0.15) is 17.0 Å². The van der Waals surface area contributed by atoms with E-state index in [-0.39, 0.29) is 24.3 Å². The number of nitrogens with zero attached hydrogens (tertiary/aromatic N) is 3. The van der Waals surface area contributed by atoms with Crippen molar-refractivity contribution in [2.75, 3.05) is 11.9 Å². The van der Waals surface area contributed by atoms with Gasteiger partial charge in [-0.05, 0) is 49.2 Å². The van der Waals surface area contributed by atoms with E-state index in [0.717, 1.165) is 15.7 Å². The Bertz CT molecular complexity index is 981. The number of benzene rings is 1. The van der Waals surface area contributed by atoms with Gasteiger partial charge in [-0.15, -0.1) is 0 Å². The van der Waals surface area contributed by atoms with E-state index < -0.39 is 18.0 Å². The summed E-state index contributed by atoms with van der Waals surface area (Å²) in [5.74, 6) is -1.03. The molecule has 0 unspecified atom stereocenters. The third-order valence-electron chi connectivity index (χ3n) is 4.14. The number of carbonyl (C=O) groups is 1. The monoisotopic (exact) mass is 377 g/mol. The van der Waals surface area contributed by atoms with Crippen LogP contribution < -0.4 is 10.6 Å². The second-order valence-electron chi connectivity index (χ2n) is 6.11. The normalized spacial score (nSPS) is 11.6. The second-order valence-corrected chi connectivity index (χ2v) is 6.11. The van der Waals surface area contributed by atoms with Crippen LogP contribution in [-0.4, -0.2) is 27.1 Å². The molecule has 9 heteroatoms. The fraction of sp³-hybridized carbons (Fsp3) is 0.278. The number of hydrogen-bond donors (Lipinski definition) is 2. The number of aryl methyl sites for hydroxylation is 2.